The minimum Gasteiger partial charge on any atom is -0.294 e. The van der Waals surface area contributed by atoms with Crippen LogP contribution in [0.15, 0.2) is 133 Å². The van der Waals surface area contributed by atoms with Gasteiger partial charge in [-0.05, 0) is 86.7 Å². The van der Waals surface area contributed by atoms with Crippen LogP contribution in [0, 0.1) is 5.95 Å². The van der Waals surface area contributed by atoms with Crippen molar-refractivity contribution in [1.29, 1.82) is 0 Å². The average molecular weight is 662 g/mol. The Bertz CT molecular complexity index is 2680. The molecule has 0 saturated carbocycles. The topological polar surface area (TPSA) is 30.7 Å². The van der Waals surface area contributed by atoms with Gasteiger partial charge in [0.1, 0.15) is 5.82 Å². The predicted molar refractivity (Wildman–Crippen MR) is 206 cm³/mol. The van der Waals surface area contributed by atoms with Crippen LogP contribution in [0.2, 0.25) is 0 Å². The minimum absolute atomic E-state index is 0.430. The molecule has 4 heteroatoms. The van der Waals surface area contributed by atoms with Gasteiger partial charge >= 0.3 is 0 Å². The van der Waals surface area contributed by atoms with Crippen molar-refractivity contribution in [3.05, 3.63) is 173 Å². The summed E-state index contributed by atoms with van der Waals surface area (Å²) >= 11 is 0. The number of halogens is 1. The van der Waals surface area contributed by atoms with Gasteiger partial charge in [0, 0.05) is 21.9 Å². The van der Waals surface area contributed by atoms with Crippen molar-refractivity contribution in [3.8, 4) is 39.5 Å². The van der Waals surface area contributed by atoms with Crippen LogP contribution in [-0.4, -0.2) is 14.5 Å². The first kappa shape index (κ1) is 30.0. The summed E-state index contributed by atoms with van der Waals surface area (Å²) in [4.78, 5) is 9.79. The highest BCUT2D eigenvalue weighted by molar-refractivity contribution is 6.10. The summed E-state index contributed by atoms with van der Waals surface area (Å²) in [6.45, 7) is 9.09. The van der Waals surface area contributed by atoms with E-state index in [1.165, 1.54) is 56.1 Å². The third-order valence-electron chi connectivity index (χ3n) is 11.3. The van der Waals surface area contributed by atoms with Gasteiger partial charge in [-0.25, -0.2) is 9.97 Å². The SMILES string of the molecule is CC(C)c1ccc2c(c1)-c1cc(C(C)C)ccc1C21c2ccccc2-c2nc(-n3c4ccccc4c4ccc(-c5cccc(F)n5)cc43)ccc21. The number of rotatable bonds is 4. The first-order valence-electron chi connectivity index (χ1n) is 17.9. The zero-order valence-corrected chi connectivity index (χ0v) is 29.1. The lowest BCUT2D eigenvalue weighted by molar-refractivity contribution is 0.585. The molecule has 8 aromatic rings. The Kier molecular flexibility index (Phi) is 6.36. The van der Waals surface area contributed by atoms with E-state index in [4.69, 9.17) is 4.98 Å². The smallest absolute Gasteiger partial charge is 0.213 e. The zero-order valence-electron chi connectivity index (χ0n) is 29.1. The number of pyridine rings is 2. The Balaban J connectivity index is 1.25. The van der Waals surface area contributed by atoms with Gasteiger partial charge in [0.05, 0.1) is 27.8 Å². The van der Waals surface area contributed by atoms with Crippen LogP contribution in [0.4, 0.5) is 4.39 Å². The summed E-state index contributed by atoms with van der Waals surface area (Å²) in [5.41, 5.74) is 15.8. The fourth-order valence-corrected chi connectivity index (χ4v) is 8.86. The van der Waals surface area contributed by atoms with Gasteiger partial charge in [0.2, 0.25) is 5.95 Å². The van der Waals surface area contributed by atoms with Crippen molar-refractivity contribution in [3.63, 3.8) is 0 Å². The summed E-state index contributed by atoms with van der Waals surface area (Å²) in [7, 11) is 0. The number of aromatic nitrogens is 3. The number of fused-ring (bicyclic) bond motifs is 13. The first-order chi connectivity index (χ1) is 24.8. The van der Waals surface area contributed by atoms with Crippen LogP contribution in [0.1, 0.15) is 72.9 Å². The number of nitrogens with zero attached hydrogens (tertiary/aromatic N) is 3. The van der Waals surface area contributed by atoms with E-state index in [2.05, 4.69) is 146 Å². The zero-order chi connectivity index (χ0) is 34.6. The Morgan fingerprint density at radius 1 is 0.529 bits per heavy atom. The van der Waals surface area contributed by atoms with Crippen molar-refractivity contribution in [2.24, 2.45) is 0 Å². The maximum Gasteiger partial charge on any atom is 0.213 e. The van der Waals surface area contributed by atoms with E-state index < -0.39 is 11.4 Å². The van der Waals surface area contributed by atoms with Crippen molar-refractivity contribution in [2.45, 2.75) is 44.9 Å². The maximum atomic E-state index is 14.2. The number of benzene rings is 5. The van der Waals surface area contributed by atoms with E-state index in [-0.39, 0.29) is 0 Å². The summed E-state index contributed by atoms with van der Waals surface area (Å²) < 4.78 is 16.5. The fraction of sp³-hybridized carbons (Fsp3) is 0.149. The summed E-state index contributed by atoms with van der Waals surface area (Å²) in [5, 5.41) is 2.26. The standard InChI is InChI=1S/C47H36FN3/c1-27(2)29-17-20-38-35(24-29)36-25-30(28(3)4)18-21-39(36)47(38)37-12-7-5-11-34(37)46-40(47)22-23-45(50-46)51-42-14-8-6-10-32(42)33-19-16-31(26-43(33)51)41-13-9-15-44(48)49-41/h5-28H,1-4H3. The Morgan fingerprint density at radius 2 is 1.18 bits per heavy atom. The molecule has 246 valence electrons. The Hall–Kier alpha value is -5.87. The molecular formula is C47H36FN3. The molecule has 0 saturated heterocycles. The second kappa shape index (κ2) is 10.8. The molecule has 3 aromatic heterocycles. The predicted octanol–water partition coefficient (Wildman–Crippen LogP) is 12.0. The van der Waals surface area contributed by atoms with E-state index in [0.29, 0.717) is 17.5 Å². The fourth-order valence-electron chi connectivity index (χ4n) is 8.86. The van der Waals surface area contributed by atoms with Crippen LogP contribution in [0.3, 0.4) is 0 Å². The van der Waals surface area contributed by atoms with E-state index in [9.17, 15) is 4.39 Å². The normalized spacial score (nSPS) is 13.7. The molecule has 5 aromatic carbocycles. The second-order valence-electron chi connectivity index (χ2n) is 14.7. The molecule has 0 amide bonds. The van der Waals surface area contributed by atoms with E-state index >= 15 is 0 Å². The van der Waals surface area contributed by atoms with Crippen LogP contribution in [-0.2, 0) is 5.41 Å². The largest absolute Gasteiger partial charge is 0.294 e. The van der Waals surface area contributed by atoms with Gasteiger partial charge in [-0.3, -0.25) is 4.57 Å². The molecule has 2 aliphatic carbocycles. The number of hydrogen-bond acceptors (Lipinski definition) is 2. The molecule has 0 bridgehead atoms. The van der Waals surface area contributed by atoms with Crippen molar-refractivity contribution >= 4 is 21.8 Å². The van der Waals surface area contributed by atoms with Crippen molar-refractivity contribution in [2.75, 3.05) is 0 Å². The third-order valence-corrected chi connectivity index (χ3v) is 11.3. The van der Waals surface area contributed by atoms with Crippen LogP contribution < -0.4 is 0 Å². The van der Waals surface area contributed by atoms with Gasteiger partial charge in [0.15, 0.2) is 0 Å². The molecule has 51 heavy (non-hydrogen) atoms. The van der Waals surface area contributed by atoms with Crippen molar-refractivity contribution < 1.29 is 4.39 Å². The molecule has 0 radical (unpaired) electrons. The summed E-state index contributed by atoms with van der Waals surface area (Å²) in [6, 6.07) is 47.3. The first-order valence-corrected chi connectivity index (χ1v) is 17.9. The summed E-state index contributed by atoms with van der Waals surface area (Å²) in [6.07, 6.45) is 0. The minimum atomic E-state index is -0.489. The van der Waals surface area contributed by atoms with E-state index in [0.717, 1.165) is 38.9 Å². The molecule has 0 N–H and O–H groups in total. The molecule has 2 aliphatic rings. The quantitative estimate of drug-likeness (QED) is 0.176. The molecule has 0 unspecified atom stereocenters. The molecule has 0 fully saturated rings. The highest BCUT2D eigenvalue weighted by Gasteiger charge is 2.52. The van der Waals surface area contributed by atoms with E-state index in [1.807, 2.05) is 12.1 Å². The molecule has 0 atom stereocenters. The van der Waals surface area contributed by atoms with Gasteiger partial charge in [-0.2, -0.15) is 4.39 Å². The Labute approximate surface area is 297 Å². The maximum absolute atomic E-state index is 14.2. The van der Waals surface area contributed by atoms with Gasteiger partial charge in [0.25, 0.3) is 0 Å². The van der Waals surface area contributed by atoms with E-state index in [1.54, 1.807) is 6.07 Å². The Morgan fingerprint density at radius 3 is 1.90 bits per heavy atom. The highest BCUT2D eigenvalue weighted by atomic mass is 19.1. The van der Waals surface area contributed by atoms with Gasteiger partial charge in [-0.15, -0.1) is 0 Å². The van der Waals surface area contributed by atoms with Crippen molar-refractivity contribution in [1.82, 2.24) is 14.5 Å². The van der Waals surface area contributed by atoms with Crippen LogP contribution in [0.25, 0.3) is 61.3 Å². The monoisotopic (exact) mass is 661 g/mol. The number of para-hydroxylation sites is 1. The molecule has 10 rings (SSSR count). The highest BCUT2D eigenvalue weighted by Crippen LogP contribution is 2.63. The van der Waals surface area contributed by atoms with Crippen LogP contribution in [0.5, 0.6) is 0 Å². The average Bonchev–Trinajstić information content (AvgIpc) is 3.75. The van der Waals surface area contributed by atoms with Crippen LogP contribution >= 0.6 is 0 Å². The lowest BCUT2D eigenvalue weighted by Gasteiger charge is -2.30. The lowest BCUT2D eigenvalue weighted by Crippen LogP contribution is -2.26. The third kappa shape index (κ3) is 4.11. The number of hydrogen-bond donors (Lipinski definition) is 0. The molecule has 3 nitrogen and oxygen atoms in total. The molecule has 0 aliphatic heterocycles. The molecule has 3 heterocycles. The lowest BCUT2D eigenvalue weighted by atomic mass is 9.70. The second-order valence-corrected chi connectivity index (χ2v) is 14.7. The van der Waals surface area contributed by atoms with Gasteiger partial charge in [-0.1, -0.05) is 131 Å². The molecular weight excluding hydrogens is 626 g/mol. The molecule has 1 spiro atoms. The van der Waals surface area contributed by atoms with Gasteiger partial charge < -0.3 is 0 Å². The summed E-state index contributed by atoms with van der Waals surface area (Å²) in [5.74, 6) is 1.22.